The summed E-state index contributed by atoms with van der Waals surface area (Å²) in [6.45, 7) is -0.544. The zero-order chi connectivity index (χ0) is 20.9. The number of hydrogen-bond acceptors (Lipinski definition) is 7. The second-order valence-corrected chi connectivity index (χ2v) is 7.69. The third-order valence-electron chi connectivity index (χ3n) is 3.87. The molecule has 0 aliphatic heterocycles. The number of nitrogens with zero attached hydrogens (tertiary/aromatic N) is 1. The van der Waals surface area contributed by atoms with Gasteiger partial charge >= 0.3 is 5.97 Å². The largest absolute Gasteiger partial charge is 0.495 e. The molecule has 0 heterocycles. The summed E-state index contributed by atoms with van der Waals surface area (Å²) in [5.41, 5.74) is 0.190. The predicted molar refractivity (Wildman–Crippen MR) is 104 cm³/mol. The normalized spacial score (nSPS) is 10.9. The standard InChI is InChI=1S/C18H20ClNO7S/c1-24-15-8-6-13(10-14(15)19)28(22,23)20(11-18(21)27-4)12-5-7-16(25-2)17(9-12)26-3/h5-10H,11H2,1-4H3. The lowest BCUT2D eigenvalue weighted by Gasteiger charge is -2.24. The summed E-state index contributed by atoms with van der Waals surface area (Å²) >= 11 is 6.07. The van der Waals surface area contributed by atoms with Gasteiger partial charge in [-0.1, -0.05) is 11.6 Å². The van der Waals surface area contributed by atoms with E-state index in [-0.39, 0.29) is 15.6 Å². The van der Waals surface area contributed by atoms with Gasteiger partial charge in [-0.15, -0.1) is 0 Å². The number of carbonyl (C=O) groups excluding carboxylic acids is 1. The molecule has 0 radical (unpaired) electrons. The van der Waals surface area contributed by atoms with Gasteiger partial charge in [-0.25, -0.2) is 8.42 Å². The highest BCUT2D eigenvalue weighted by Crippen LogP contribution is 2.35. The van der Waals surface area contributed by atoms with Crippen molar-refractivity contribution in [1.29, 1.82) is 0 Å². The fourth-order valence-corrected chi connectivity index (χ4v) is 4.16. The van der Waals surface area contributed by atoms with Gasteiger partial charge in [0.05, 0.1) is 44.0 Å². The van der Waals surface area contributed by atoms with Crippen LogP contribution in [0.4, 0.5) is 5.69 Å². The highest BCUT2D eigenvalue weighted by Gasteiger charge is 2.29. The fourth-order valence-electron chi connectivity index (χ4n) is 2.41. The lowest BCUT2D eigenvalue weighted by molar-refractivity contribution is -0.138. The van der Waals surface area contributed by atoms with Crippen LogP contribution in [-0.2, 0) is 19.6 Å². The van der Waals surface area contributed by atoms with Crippen molar-refractivity contribution in [2.24, 2.45) is 0 Å². The number of rotatable bonds is 8. The second kappa shape index (κ2) is 9.03. The lowest BCUT2D eigenvalue weighted by atomic mass is 10.2. The quantitative estimate of drug-likeness (QED) is 0.596. The number of esters is 1. The Balaban J connectivity index is 2.59. The zero-order valence-corrected chi connectivity index (χ0v) is 17.3. The molecular formula is C18H20ClNO7S. The highest BCUT2D eigenvalue weighted by atomic mass is 35.5. The molecule has 28 heavy (non-hydrogen) atoms. The van der Waals surface area contributed by atoms with E-state index in [0.29, 0.717) is 17.2 Å². The number of halogens is 1. The van der Waals surface area contributed by atoms with Crippen molar-refractivity contribution in [3.8, 4) is 17.2 Å². The minimum absolute atomic E-state index is 0.114. The molecule has 0 atom stereocenters. The number of anilines is 1. The minimum atomic E-state index is -4.16. The monoisotopic (exact) mass is 429 g/mol. The molecule has 2 rings (SSSR count). The highest BCUT2D eigenvalue weighted by molar-refractivity contribution is 7.92. The van der Waals surface area contributed by atoms with Crippen LogP contribution in [0.1, 0.15) is 0 Å². The van der Waals surface area contributed by atoms with E-state index in [1.165, 1.54) is 64.8 Å². The molecule has 0 aromatic heterocycles. The summed E-state index contributed by atoms with van der Waals surface area (Å²) in [6, 6.07) is 8.50. The van der Waals surface area contributed by atoms with Crippen LogP contribution in [0, 0.1) is 0 Å². The molecule has 0 amide bonds. The number of benzene rings is 2. The van der Waals surface area contributed by atoms with Crippen molar-refractivity contribution < 1.29 is 32.2 Å². The maximum absolute atomic E-state index is 13.2. The predicted octanol–water partition coefficient (Wildman–Crippen LogP) is 2.73. The molecule has 0 unspecified atom stereocenters. The molecule has 152 valence electrons. The molecule has 0 bridgehead atoms. The van der Waals surface area contributed by atoms with Crippen LogP contribution in [0.25, 0.3) is 0 Å². The Morgan fingerprint density at radius 2 is 1.54 bits per heavy atom. The topological polar surface area (TPSA) is 91.4 Å². The van der Waals surface area contributed by atoms with Gasteiger partial charge in [-0.2, -0.15) is 0 Å². The Morgan fingerprint density at radius 1 is 0.929 bits per heavy atom. The number of hydrogen-bond donors (Lipinski definition) is 0. The van der Waals surface area contributed by atoms with E-state index in [1.807, 2.05) is 0 Å². The van der Waals surface area contributed by atoms with Crippen molar-refractivity contribution in [1.82, 2.24) is 0 Å². The number of carbonyl (C=O) groups is 1. The summed E-state index contributed by atoms with van der Waals surface area (Å²) in [5, 5.41) is 0.119. The third-order valence-corrected chi connectivity index (χ3v) is 5.93. The van der Waals surface area contributed by atoms with Gasteiger partial charge < -0.3 is 18.9 Å². The van der Waals surface area contributed by atoms with Crippen LogP contribution in [0.2, 0.25) is 5.02 Å². The van der Waals surface area contributed by atoms with Gasteiger partial charge in [-0.05, 0) is 30.3 Å². The fraction of sp³-hybridized carbons (Fsp3) is 0.278. The molecule has 0 saturated heterocycles. The molecule has 0 aliphatic rings. The van der Waals surface area contributed by atoms with Crippen molar-refractivity contribution in [3.05, 3.63) is 41.4 Å². The van der Waals surface area contributed by atoms with Crippen molar-refractivity contribution >= 4 is 33.3 Å². The lowest BCUT2D eigenvalue weighted by Crippen LogP contribution is -2.36. The van der Waals surface area contributed by atoms with Gasteiger partial charge in [0, 0.05) is 6.07 Å². The summed E-state index contributed by atoms with van der Waals surface area (Å²) in [7, 11) is 1.32. The van der Waals surface area contributed by atoms with Crippen LogP contribution in [0.5, 0.6) is 17.2 Å². The van der Waals surface area contributed by atoms with Crippen molar-refractivity contribution in [2.45, 2.75) is 4.90 Å². The Morgan fingerprint density at radius 3 is 2.07 bits per heavy atom. The Labute approximate surface area is 168 Å². The first-order valence-electron chi connectivity index (χ1n) is 7.93. The number of ether oxygens (including phenoxy) is 4. The third kappa shape index (κ3) is 4.42. The molecule has 0 spiro atoms. The summed E-state index contributed by atoms with van der Waals surface area (Å²) < 4.78 is 47.5. The molecule has 0 fully saturated rings. The van der Waals surface area contributed by atoms with E-state index in [4.69, 9.17) is 25.8 Å². The Bertz CT molecular complexity index is 962. The molecule has 8 nitrogen and oxygen atoms in total. The molecule has 2 aromatic rings. The smallest absolute Gasteiger partial charge is 0.326 e. The summed E-state index contributed by atoms with van der Waals surface area (Å²) in [5.74, 6) is 0.302. The number of methoxy groups -OCH3 is 4. The summed E-state index contributed by atoms with van der Waals surface area (Å²) in [6.07, 6.45) is 0. The Kier molecular flexibility index (Phi) is 6.98. The SMILES string of the molecule is COC(=O)CN(c1ccc(OC)c(OC)c1)S(=O)(=O)c1ccc(OC)c(Cl)c1. The molecule has 0 N–H and O–H groups in total. The van der Waals surface area contributed by atoms with E-state index < -0.39 is 22.5 Å². The van der Waals surface area contributed by atoms with E-state index in [2.05, 4.69) is 4.74 Å². The van der Waals surface area contributed by atoms with Gasteiger partial charge in [0.1, 0.15) is 12.3 Å². The van der Waals surface area contributed by atoms with E-state index in [0.717, 1.165) is 4.31 Å². The van der Waals surface area contributed by atoms with Gasteiger partial charge in [0.2, 0.25) is 0 Å². The molecule has 2 aromatic carbocycles. The second-order valence-electron chi connectivity index (χ2n) is 5.42. The maximum atomic E-state index is 13.2. The first-order valence-corrected chi connectivity index (χ1v) is 9.75. The average molecular weight is 430 g/mol. The average Bonchev–Trinajstić information content (AvgIpc) is 2.70. The van der Waals surface area contributed by atoms with Gasteiger partial charge in [0.15, 0.2) is 11.5 Å². The Hall–Kier alpha value is -2.65. The number of sulfonamides is 1. The van der Waals surface area contributed by atoms with Crippen LogP contribution in [0.15, 0.2) is 41.3 Å². The van der Waals surface area contributed by atoms with Crippen molar-refractivity contribution in [3.63, 3.8) is 0 Å². The molecular weight excluding hydrogens is 410 g/mol. The van der Waals surface area contributed by atoms with Crippen molar-refractivity contribution in [2.75, 3.05) is 39.3 Å². The van der Waals surface area contributed by atoms with E-state index in [1.54, 1.807) is 0 Å². The molecule has 10 heteroatoms. The maximum Gasteiger partial charge on any atom is 0.326 e. The van der Waals surface area contributed by atoms with Crippen LogP contribution >= 0.6 is 11.6 Å². The molecule has 0 saturated carbocycles. The zero-order valence-electron chi connectivity index (χ0n) is 15.8. The minimum Gasteiger partial charge on any atom is -0.495 e. The molecule has 0 aliphatic carbocycles. The van der Waals surface area contributed by atoms with Crippen LogP contribution in [0.3, 0.4) is 0 Å². The van der Waals surface area contributed by atoms with E-state index >= 15 is 0 Å². The van der Waals surface area contributed by atoms with Crippen LogP contribution in [-0.4, -0.2) is 49.4 Å². The van der Waals surface area contributed by atoms with E-state index in [9.17, 15) is 13.2 Å². The van der Waals surface area contributed by atoms with Gasteiger partial charge in [0.25, 0.3) is 10.0 Å². The first kappa shape index (κ1) is 21.6. The summed E-state index contributed by atoms with van der Waals surface area (Å²) in [4.78, 5) is 11.8. The first-order chi connectivity index (χ1) is 13.3. The van der Waals surface area contributed by atoms with Crippen LogP contribution < -0.4 is 18.5 Å². The van der Waals surface area contributed by atoms with Gasteiger partial charge in [-0.3, -0.25) is 9.10 Å².